The zero-order chi connectivity index (χ0) is 16.0. The summed E-state index contributed by atoms with van der Waals surface area (Å²) >= 11 is 0. The van der Waals surface area contributed by atoms with Crippen LogP contribution in [0, 0.1) is 0 Å². The molecule has 0 aliphatic carbocycles. The number of carbonyl (C=O) groups is 1. The summed E-state index contributed by atoms with van der Waals surface area (Å²) in [7, 11) is -1.23. The van der Waals surface area contributed by atoms with Gasteiger partial charge in [-0.15, -0.1) is 0 Å². The summed E-state index contributed by atoms with van der Waals surface area (Å²) in [6.07, 6.45) is 3.15. The van der Waals surface area contributed by atoms with Crippen LogP contribution in [0.4, 0.5) is 0 Å². The Bertz CT molecular complexity index is 566. The van der Waals surface area contributed by atoms with Crippen molar-refractivity contribution in [2.45, 2.75) is 51.2 Å². The molecule has 0 aliphatic rings. The second kappa shape index (κ2) is 7.59. The predicted octanol–water partition coefficient (Wildman–Crippen LogP) is 3.05. The summed E-state index contributed by atoms with van der Waals surface area (Å²) in [5.74, 6) is -0.499. The van der Waals surface area contributed by atoms with E-state index in [4.69, 9.17) is 4.74 Å². The topological polar surface area (TPSA) is 60.4 Å². The van der Waals surface area contributed by atoms with E-state index in [1.54, 1.807) is 12.1 Å². The van der Waals surface area contributed by atoms with Crippen LogP contribution in [0.3, 0.4) is 0 Å². The maximum Gasteiger partial charge on any atom is 0.337 e. The number of benzene rings is 1. The lowest BCUT2D eigenvalue weighted by molar-refractivity contribution is 0.0600. The van der Waals surface area contributed by atoms with Crippen LogP contribution in [-0.2, 0) is 26.6 Å². The van der Waals surface area contributed by atoms with Crippen LogP contribution in [0.15, 0.2) is 18.2 Å². The van der Waals surface area contributed by atoms with Crippen molar-refractivity contribution in [2.75, 3.05) is 7.11 Å². The fraction of sp³-hybridized carbons (Fsp3) is 0.562. The molecule has 118 valence electrons. The second-order valence-corrected chi connectivity index (χ2v) is 6.82. The molecule has 0 atom stereocenters. The molecule has 1 aromatic rings. The van der Waals surface area contributed by atoms with E-state index < -0.39 is 16.7 Å². The first-order chi connectivity index (χ1) is 9.81. The standard InChI is InChI=1S/C16H24O4S/c1-5-6-9-16(2,3)14-8-7-12(15(17)20-4)10-13(14)11-21(18)19/h7-8,10,21H,5-6,9,11H2,1-4H3. The summed E-state index contributed by atoms with van der Waals surface area (Å²) in [4.78, 5) is 11.6. The molecule has 0 aromatic heterocycles. The largest absolute Gasteiger partial charge is 0.465 e. The highest BCUT2D eigenvalue weighted by Crippen LogP contribution is 2.32. The van der Waals surface area contributed by atoms with Crippen LogP contribution in [0.1, 0.15) is 61.5 Å². The molecule has 0 radical (unpaired) electrons. The average Bonchev–Trinajstić information content (AvgIpc) is 2.43. The van der Waals surface area contributed by atoms with Gasteiger partial charge in [0.25, 0.3) is 0 Å². The van der Waals surface area contributed by atoms with Crippen LogP contribution >= 0.6 is 0 Å². The van der Waals surface area contributed by atoms with Gasteiger partial charge >= 0.3 is 5.97 Å². The van der Waals surface area contributed by atoms with Gasteiger partial charge in [0.1, 0.15) is 10.7 Å². The van der Waals surface area contributed by atoms with Crippen molar-refractivity contribution >= 4 is 16.7 Å². The van der Waals surface area contributed by atoms with E-state index in [1.807, 2.05) is 6.07 Å². The Balaban J connectivity index is 3.27. The van der Waals surface area contributed by atoms with Gasteiger partial charge in [-0.05, 0) is 35.1 Å². The lowest BCUT2D eigenvalue weighted by Gasteiger charge is -2.28. The Hall–Kier alpha value is -1.36. The number of ether oxygens (including phenoxy) is 1. The van der Waals surface area contributed by atoms with Crippen molar-refractivity contribution in [1.29, 1.82) is 0 Å². The molecule has 0 saturated heterocycles. The molecule has 1 rings (SSSR count). The lowest BCUT2D eigenvalue weighted by Crippen LogP contribution is -2.20. The Kier molecular flexibility index (Phi) is 6.40. The quantitative estimate of drug-likeness (QED) is 0.621. The highest BCUT2D eigenvalue weighted by molar-refractivity contribution is 7.71. The smallest absolute Gasteiger partial charge is 0.337 e. The van der Waals surface area contributed by atoms with E-state index in [-0.39, 0.29) is 11.2 Å². The number of hydrogen-bond donors (Lipinski definition) is 1. The van der Waals surface area contributed by atoms with E-state index in [0.29, 0.717) is 11.1 Å². The third-order valence-electron chi connectivity index (χ3n) is 3.71. The van der Waals surface area contributed by atoms with Crippen molar-refractivity contribution in [3.05, 3.63) is 34.9 Å². The third-order valence-corrected chi connectivity index (χ3v) is 4.31. The summed E-state index contributed by atoms with van der Waals surface area (Å²) in [5, 5.41) is 0. The maximum atomic E-state index is 11.6. The zero-order valence-electron chi connectivity index (χ0n) is 13.1. The number of rotatable bonds is 7. The van der Waals surface area contributed by atoms with E-state index >= 15 is 0 Å². The van der Waals surface area contributed by atoms with Crippen LogP contribution < -0.4 is 0 Å². The van der Waals surface area contributed by atoms with Crippen molar-refractivity contribution in [3.8, 4) is 0 Å². The van der Waals surface area contributed by atoms with Gasteiger partial charge in [-0.2, -0.15) is 0 Å². The van der Waals surface area contributed by atoms with Crippen molar-refractivity contribution in [3.63, 3.8) is 0 Å². The summed E-state index contributed by atoms with van der Waals surface area (Å²) in [5.41, 5.74) is 1.95. The predicted molar refractivity (Wildman–Crippen MR) is 84.4 cm³/mol. The summed E-state index contributed by atoms with van der Waals surface area (Å²) in [6, 6.07) is 5.20. The van der Waals surface area contributed by atoms with Gasteiger partial charge in [0.05, 0.1) is 18.4 Å². The molecule has 0 heterocycles. The SMILES string of the molecule is CCCCC(C)(C)c1ccc(C(=O)OC)cc1C[SH](=O)=O. The first-order valence-corrected chi connectivity index (χ1v) is 8.51. The average molecular weight is 312 g/mol. The minimum atomic E-state index is -2.54. The molecule has 0 unspecified atom stereocenters. The van der Waals surface area contributed by atoms with Gasteiger partial charge in [0, 0.05) is 0 Å². The summed E-state index contributed by atoms with van der Waals surface area (Å²) in [6.45, 7) is 6.35. The number of methoxy groups -OCH3 is 1. The van der Waals surface area contributed by atoms with E-state index in [1.165, 1.54) is 7.11 Å². The molecule has 0 N–H and O–H groups in total. The number of hydrogen-bond acceptors (Lipinski definition) is 4. The number of thiol groups is 1. The molecular formula is C16H24O4S. The molecule has 0 spiro atoms. The lowest BCUT2D eigenvalue weighted by atomic mass is 9.78. The molecule has 0 saturated carbocycles. The number of unbranched alkanes of at least 4 members (excludes halogenated alkanes) is 1. The fourth-order valence-corrected chi connectivity index (χ4v) is 3.06. The molecule has 0 amide bonds. The van der Waals surface area contributed by atoms with Gasteiger partial charge < -0.3 is 4.74 Å². The van der Waals surface area contributed by atoms with Gasteiger partial charge in [0.2, 0.25) is 0 Å². The van der Waals surface area contributed by atoms with Gasteiger partial charge in [-0.25, -0.2) is 13.2 Å². The highest BCUT2D eigenvalue weighted by atomic mass is 32.2. The molecule has 1 aromatic carbocycles. The van der Waals surface area contributed by atoms with E-state index in [9.17, 15) is 13.2 Å². The molecule has 0 aliphatic heterocycles. The van der Waals surface area contributed by atoms with Gasteiger partial charge in [-0.3, -0.25) is 0 Å². The zero-order valence-corrected chi connectivity index (χ0v) is 14.0. The van der Waals surface area contributed by atoms with Crippen molar-refractivity contribution < 1.29 is 17.9 Å². The number of esters is 1. The van der Waals surface area contributed by atoms with Gasteiger partial charge in [0.15, 0.2) is 0 Å². The van der Waals surface area contributed by atoms with Crippen molar-refractivity contribution in [1.82, 2.24) is 0 Å². The molecule has 0 bridgehead atoms. The third kappa shape index (κ3) is 4.84. The van der Waals surface area contributed by atoms with Gasteiger partial charge in [-0.1, -0.05) is 39.7 Å². The Labute approximate surface area is 128 Å². The van der Waals surface area contributed by atoms with E-state index in [2.05, 4.69) is 20.8 Å². The van der Waals surface area contributed by atoms with Crippen LogP contribution in [0.5, 0.6) is 0 Å². The minimum Gasteiger partial charge on any atom is -0.465 e. The molecule has 5 heteroatoms. The van der Waals surface area contributed by atoms with Crippen LogP contribution in [0.25, 0.3) is 0 Å². The van der Waals surface area contributed by atoms with Crippen molar-refractivity contribution in [2.24, 2.45) is 0 Å². The second-order valence-electron chi connectivity index (χ2n) is 5.84. The Morgan fingerprint density at radius 3 is 2.48 bits per heavy atom. The fourth-order valence-electron chi connectivity index (χ4n) is 2.52. The highest BCUT2D eigenvalue weighted by Gasteiger charge is 2.24. The molecule has 0 fully saturated rings. The monoisotopic (exact) mass is 312 g/mol. The first-order valence-electron chi connectivity index (χ1n) is 7.15. The normalized spacial score (nSPS) is 11.7. The van der Waals surface area contributed by atoms with Crippen LogP contribution in [0.2, 0.25) is 0 Å². The number of carbonyl (C=O) groups excluding carboxylic acids is 1. The molecule has 4 nitrogen and oxygen atoms in total. The summed E-state index contributed by atoms with van der Waals surface area (Å²) < 4.78 is 27.0. The van der Waals surface area contributed by atoms with Crippen LogP contribution in [-0.4, -0.2) is 21.5 Å². The maximum absolute atomic E-state index is 11.6. The Morgan fingerprint density at radius 1 is 1.29 bits per heavy atom. The molecular weight excluding hydrogens is 288 g/mol. The minimum absolute atomic E-state index is 0.0505. The Morgan fingerprint density at radius 2 is 1.95 bits per heavy atom. The first kappa shape index (κ1) is 17.7. The van der Waals surface area contributed by atoms with E-state index in [0.717, 1.165) is 24.8 Å². The molecule has 21 heavy (non-hydrogen) atoms.